The van der Waals surface area contributed by atoms with E-state index in [1.165, 1.54) is 0 Å². The summed E-state index contributed by atoms with van der Waals surface area (Å²) in [5, 5.41) is 6.48. The number of aryl methyl sites for hydroxylation is 1. The fraction of sp³-hybridized carbons (Fsp3) is 0.588. The summed E-state index contributed by atoms with van der Waals surface area (Å²) in [7, 11) is 0. The van der Waals surface area contributed by atoms with Crippen molar-refractivity contribution in [3.63, 3.8) is 0 Å². The number of anilines is 1. The number of nitrogens with zero attached hydrogens (tertiary/aromatic N) is 1. The lowest BCUT2D eigenvalue weighted by atomic mass is 10.0. The summed E-state index contributed by atoms with van der Waals surface area (Å²) < 4.78 is 0. The van der Waals surface area contributed by atoms with Crippen molar-refractivity contribution in [2.24, 2.45) is 0 Å². The molecule has 1 saturated heterocycles. The molecule has 4 heteroatoms. The zero-order valence-corrected chi connectivity index (χ0v) is 13.4. The minimum absolute atomic E-state index is 0.0455. The lowest BCUT2D eigenvalue weighted by Crippen LogP contribution is -2.47. The van der Waals surface area contributed by atoms with Crippen LogP contribution < -0.4 is 10.6 Å². The first kappa shape index (κ1) is 15.8. The Hall–Kier alpha value is -1.55. The minimum Gasteiger partial charge on any atom is -0.385 e. The van der Waals surface area contributed by atoms with Gasteiger partial charge in [-0.2, -0.15) is 0 Å². The molecule has 1 amide bonds. The number of piperidine rings is 1. The number of nitrogens with one attached hydrogen (secondary N) is 2. The van der Waals surface area contributed by atoms with Crippen LogP contribution in [0.25, 0.3) is 0 Å². The minimum atomic E-state index is 0.0455. The molecule has 0 spiro atoms. The maximum Gasteiger partial charge on any atom is 0.251 e. The molecule has 1 aromatic carbocycles. The molecule has 1 aliphatic rings. The molecule has 1 unspecified atom stereocenters. The van der Waals surface area contributed by atoms with Crippen molar-refractivity contribution in [2.75, 3.05) is 31.5 Å². The fourth-order valence-electron chi connectivity index (χ4n) is 2.92. The molecule has 0 bridgehead atoms. The Morgan fingerprint density at radius 1 is 1.38 bits per heavy atom. The number of carbonyl (C=O) groups is 1. The van der Waals surface area contributed by atoms with Gasteiger partial charge in [0.1, 0.15) is 0 Å². The highest BCUT2D eigenvalue weighted by Gasteiger charge is 2.20. The van der Waals surface area contributed by atoms with Crippen molar-refractivity contribution in [1.29, 1.82) is 0 Å². The van der Waals surface area contributed by atoms with Crippen molar-refractivity contribution in [3.05, 3.63) is 29.3 Å². The third-order valence-corrected chi connectivity index (χ3v) is 4.14. The van der Waals surface area contributed by atoms with Gasteiger partial charge in [0.05, 0.1) is 0 Å². The highest BCUT2D eigenvalue weighted by Crippen LogP contribution is 2.17. The number of likely N-dealkylation sites (tertiary alicyclic amines) is 1. The maximum absolute atomic E-state index is 12.4. The lowest BCUT2D eigenvalue weighted by molar-refractivity contribution is 0.0906. The third-order valence-electron chi connectivity index (χ3n) is 4.14. The van der Waals surface area contributed by atoms with Crippen LogP contribution in [0.3, 0.4) is 0 Å². The summed E-state index contributed by atoms with van der Waals surface area (Å²) in [6.07, 6.45) is 2.24. The molecule has 2 N–H and O–H groups in total. The van der Waals surface area contributed by atoms with Gasteiger partial charge in [0.2, 0.25) is 0 Å². The molecular weight excluding hydrogens is 262 g/mol. The molecule has 0 saturated carbocycles. The van der Waals surface area contributed by atoms with Gasteiger partial charge in [0, 0.05) is 30.4 Å². The number of hydrogen-bond acceptors (Lipinski definition) is 3. The number of hydrogen-bond donors (Lipinski definition) is 2. The predicted molar refractivity (Wildman–Crippen MR) is 87.9 cm³/mol. The largest absolute Gasteiger partial charge is 0.385 e. The molecule has 21 heavy (non-hydrogen) atoms. The summed E-state index contributed by atoms with van der Waals surface area (Å²) in [6.45, 7) is 10.4. The normalized spacial score (nSPS) is 19.3. The number of rotatable bonds is 5. The van der Waals surface area contributed by atoms with Crippen molar-refractivity contribution >= 4 is 11.6 Å². The fourth-order valence-corrected chi connectivity index (χ4v) is 2.92. The first-order valence-electron chi connectivity index (χ1n) is 8.01. The highest BCUT2D eigenvalue weighted by atomic mass is 16.1. The Balaban J connectivity index is 1.98. The molecule has 0 aromatic heterocycles. The van der Waals surface area contributed by atoms with Crippen molar-refractivity contribution < 1.29 is 4.79 Å². The predicted octanol–water partition coefficient (Wildman–Crippen LogP) is 2.64. The zero-order chi connectivity index (χ0) is 15.2. The van der Waals surface area contributed by atoms with Gasteiger partial charge in [0.25, 0.3) is 5.91 Å². The van der Waals surface area contributed by atoms with E-state index >= 15 is 0 Å². The monoisotopic (exact) mass is 289 g/mol. The number of carbonyl (C=O) groups excluding carboxylic acids is 1. The van der Waals surface area contributed by atoms with E-state index in [0.717, 1.165) is 55.8 Å². The van der Waals surface area contributed by atoms with Gasteiger partial charge in [-0.15, -0.1) is 0 Å². The topological polar surface area (TPSA) is 44.4 Å². The average molecular weight is 289 g/mol. The van der Waals surface area contributed by atoms with Gasteiger partial charge in [-0.05, 0) is 63.5 Å². The second-order valence-corrected chi connectivity index (χ2v) is 5.77. The molecule has 1 heterocycles. The van der Waals surface area contributed by atoms with Gasteiger partial charge < -0.3 is 15.5 Å². The standard InChI is InChI=1S/C17H27N3O/c1-4-18-16-9-8-14(11-13(16)3)17(21)19-15-7-6-10-20(5-2)12-15/h8-9,11,15,18H,4-7,10,12H2,1-3H3,(H,19,21). The van der Waals surface area contributed by atoms with E-state index in [9.17, 15) is 4.79 Å². The molecule has 1 fully saturated rings. The summed E-state index contributed by atoms with van der Waals surface area (Å²) in [5.74, 6) is 0.0455. The van der Waals surface area contributed by atoms with Gasteiger partial charge in [-0.3, -0.25) is 4.79 Å². The molecule has 4 nitrogen and oxygen atoms in total. The van der Waals surface area contributed by atoms with Crippen molar-refractivity contribution in [1.82, 2.24) is 10.2 Å². The van der Waals surface area contributed by atoms with Crippen LogP contribution in [0.4, 0.5) is 5.69 Å². The Morgan fingerprint density at radius 2 is 2.19 bits per heavy atom. The highest BCUT2D eigenvalue weighted by molar-refractivity contribution is 5.95. The SMILES string of the molecule is CCNc1ccc(C(=O)NC2CCCN(CC)C2)cc1C. The summed E-state index contributed by atoms with van der Waals surface area (Å²) in [6, 6.07) is 6.14. The number of benzene rings is 1. The molecule has 1 atom stereocenters. The first-order valence-corrected chi connectivity index (χ1v) is 8.01. The van der Waals surface area contributed by atoms with Crippen LogP contribution >= 0.6 is 0 Å². The van der Waals surface area contributed by atoms with Gasteiger partial charge in [-0.1, -0.05) is 6.92 Å². The second kappa shape index (κ2) is 7.46. The Labute approximate surface area is 127 Å². The van der Waals surface area contributed by atoms with Crippen LogP contribution in [-0.2, 0) is 0 Å². The lowest BCUT2D eigenvalue weighted by Gasteiger charge is -2.32. The van der Waals surface area contributed by atoms with E-state index in [-0.39, 0.29) is 11.9 Å². The quantitative estimate of drug-likeness (QED) is 0.876. The van der Waals surface area contributed by atoms with Crippen LogP contribution in [0, 0.1) is 6.92 Å². The van der Waals surface area contributed by atoms with Crippen molar-refractivity contribution in [2.45, 2.75) is 39.7 Å². The molecule has 0 radical (unpaired) electrons. The molecule has 2 rings (SSSR count). The van der Waals surface area contributed by atoms with Gasteiger partial charge in [-0.25, -0.2) is 0 Å². The van der Waals surface area contributed by atoms with Gasteiger partial charge >= 0.3 is 0 Å². The first-order chi connectivity index (χ1) is 10.1. The van der Waals surface area contributed by atoms with E-state index in [0.29, 0.717) is 0 Å². The van der Waals surface area contributed by atoms with Gasteiger partial charge in [0.15, 0.2) is 0 Å². The molecule has 1 aliphatic heterocycles. The van der Waals surface area contributed by atoms with Crippen LogP contribution in [0.15, 0.2) is 18.2 Å². The second-order valence-electron chi connectivity index (χ2n) is 5.77. The van der Waals surface area contributed by atoms with E-state index in [1.807, 2.05) is 25.1 Å². The Bertz CT molecular complexity index is 487. The van der Waals surface area contributed by atoms with E-state index in [4.69, 9.17) is 0 Å². The number of amides is 1. The summed E-state index contributed by atoms with van der Waals surface area (Å²) >= 11 is 0. The van der Waals surface area contributed by atoms with Crippen molar-refractivity contribution in [3.8, 4) is 0 Å². The average Bonchev–Trinajstić information content (AvgIpc) is 2.49. The third kappa shape index (κ3) is 4.21. The van der Waals surface area contributed by atoms with Crippen LogP contribution in [0.2, 0.25) is 0 Å². The zero-order valence-electron chi connectivity index (χ0n) is 13.4. The van der Waals surface area contributed by atoms with E-state index in [1.54, 1.807) is 0 Å². The molecule has 116 valence electrons. The summed E-state index contributed by atoms with van der Waals surface area (Å²) in [5.41, 5.74) is 2.97. The van der Waals surface area contributed by atoms with E-state index in [2.05, 4.69) is 29.4 Å². The number of likely N-dealkylation sites (N-methyl/N-ethyl adjacent to an activating group) is 1. The van der Waals surface area contributed by atoms with E-state index < -0.39 is 0 Å². The van der Waals surface area contributed by atoms with Crippen LogP contribution in [-0.4, -0.2) is 43.0 Å². The van der Waals surface area contributed by atoms with Crippen LogP contribution in [0.5, 0.6) is 0 Å². The smallest absolute Gasteiger partial charge is 0.251 e. The Kier molecular flexibility index (Phi) is 5.62. The maximum atomic E-state index is 12.4. The molecule has 1 aromatic rings. The van der Waals surface area contributed by atoms with Crippen LogP contribution in [0.1, 0.15) is 42.6 Å². The Morgan fingerprint density at radius 3 is 2.86 bits per heavy atom. The summed E-state index contributed by atoms with van der Waals surface area (Å²) in [4.78, 5) is 14.8. The molecule has 0 aliphatic carbocycles. The molecular formula is C17H27N3O.